The van der Waals surface area contributed by atoms with E-state index in [4.69, 9.17) is 4.74 Å². The van der Waals surface area contributed by atoms with Crippen LogP contribution >= 0.6 is 0 Å². The number of halogens is 2. The highest BCUT2D eigenvalue weighted by molar-refractivity contribution is 6.09. The number of benzene rings is 1. The second kappa shape index (κ2) is 8.70. The van der Waals surface area contributed by atoms with Crippen LogP contribution in [0.15, 0.2) is 18.2 Å². The predicted molar refractivity (Wildman–Crippen MR) is 84.6 cm³/mol. The molecule has 1 aliphatic rings. The summed E-state index contributed by atoms with van der Waals surface area (Å²) in [5.74, 6) is -3.53. The number of hydrogen-bond acceptors (Lipinski definition) is 4. The molecule has 1 aromatic carbocycles. The van der Waals surface area contributed by atoms with Crippen LogP contribution in [0, 0.1) is 17.6 Å². The summed E-state index contributed by atoms with van der Waals surface area (Å²) in [6.07, 6.45) is 0.348. The minimum Gasteiger partial charge on any atom is -0.383 e. The lowest BCUT2D eigenvalue weighted by atomic mass is 10.1. The summed E-state index contributed by atoms with van der Waals surface area (Å²) in [7, 11) is 1.61. The monoisotopic (exact) mass is 341 g/mol. The van der Waals surface area contributed by atoms with Crippen molar-refractivity contribution in [3.8, 4) is 0 Å². The van der Waals surface area contributed by atoms with E-state index < -0.39 is 23.5 Å². The quantitative estimate of drug-likeness (QED) is 0.539. The molecule has 1 aliphatic heterocycles. The highest BCUT2D eigenvalue weighted by atomic mass is 19.2. The number of hydrogen-bond donors (Lipinski definition) is 2. The molecular weight excluding hydrogens is 320 g/mol. The van der Waals surface area contributed by atoms with Crippen molar-refractivity contribution in [2.24, 2.45) is 5.92 Å². The van der Waals surface area contributed by atoms with Crippen molar-refractivity contribution in [1.82, 2.24) is 10.6 Å². The molecule has 2 amide bonds. The van der Waals surface area contributed by atoms with Crippen molar-refractivity contribution in [3.05, 3.63) is 29.8 Å². The van der Waals surface area contributed by atoms with Crippen molar-refractivity contribution >= 4 is 17.5 Å². The average Bonchev–Trinajstić information content (AvgIpc) is 2.95. The fraction of sp³-hybridized carbons (Fsp3) is 0.500. The third-order valence-corrected chi connectivity index (χ3v) is 3.82. The normalized spacial score (nSPS) is 17.4. The molecule has 6 nitrogen and oxygen atoms in total. The largest absolute Gasteiger partial charge is 0.383 e. The molecule has 8 heteroatoms. The van der Waals surface area contributed by atoms with Gasteiger partial charge in [-0.05, 0) is 18.6 Å². The Morgan fingerprint density at radius 2 is 2.08 bits per heavy atom. The first-order valence-corrected chi connectivity index (χ1v) is 7.78. The molecule has 1 atom stereocenters. The Morgan fingerprint density at radius 1 is 1.29 bits per heavy atom. The lowest BCUT2D eigenvalue weighted by Gasteiger charge is -2.17. The Kier molecular flexibility index (Phi) is 6.62. The van der Waals surface area contributed by atoms with Crippen LogP contribution in [-0.4, -0.2) is 51.7 Å². The maximum atomic E-state index is 13.3. The minimum absolute atomic E-state index is 0.260. The molecule has 1 aromatic rings. The molecule has 0 aromatic heterocycles. The smallest absolute Gasteiger partial charge is 0.239 e. The average molecular weight is 341 g/mol. The molecule has 0 saturated carbocycles. The van der Waals surface area contributed by atoms with Gasteiger partial charge in [-0.1, -0.05) is 0 Å². The predicted octanol–water partition coefficient (Wildman–Crippen LogP) is 0.670. The zero-order valence-corrected chi connectivity index (χ0v) is 13.5. The van der Waals surface area contributed by atoms with Gasteiger partial charge in [-0.3, -0.25) is 9.59 Å². The Balaban J connectivity index is 1.84. The van der Waals surface area contributed by atoms with E-state index in [1.165, 1.54) is 11.0 Å². The number of amides is 2. The van der Waals surface area contributed by atoms with Crippen LogP contribution in [0.2, 0.25) is 0 Å². The number of carbonyl (C=O) groups is 2. The molecule has 2 N–H and O–H groups in total. The molecule has 0 radical (unpaired) electrons. The standard InChI is InChI=1S/C16H21F2N3O3/c1-24-9-7-19-5-6-20-15(22)12-4-8-21(16(12)23)11-2-3-13(17)14(18)10-11/h2-3,10,12,19H,4-9H2,1H3,(H,20,22). The van der Waals surface area contributed by atoms with Crippen LogP contribution < -0.4 is 15.5 Å². The second-order valence-corrected chi connectivity index (χ2v) is 5.46. The van der Waals surface area contributed by atoms with Crippen LogP contribution in [0.5, 0.6) is 0 Å². The summed E-state index contributed by atoms with van der Waals surface area (Å²) in [4.78, 5) is 25.7. The van der Waals surface area contributed by atoms with E-state index in [9.17, 15) is 18.4 Å². The Hall–Kier alpha value is -2.06. The summed E-state index contributed by atoms with van der Waals surface area (Å²) in [5, 5.41) is 5.78. The Labute approximate surface area is 139 Å². The lowest BCUT2D eigenvalue weighted by molar-refractivity contribution is -0.132. The van der Waals surface area contributed by atoms with Crippen LogP contribution in [0.4, 0.5) is 14.5 Å². The highest BCUT2D eigenvalue weighted by Crippen LogP contribution is 2.26. The van der Waals surface area contributed by atoms with E-state index in [-0.39, 0.29) is 11.6 Å². The zero-order chi connectivity index (χ0) is 17.5. The topological polar surface area (TPSA) is 70.7 Å². The highest BCUT2D eigenvalue weighted by Gasteiger charge is 2.37. The van der Waals surface area contributed by atoms with Gasteiger partial charge in [-0.25, -0.2) is 8.78 Å². The summed E-state index contributed by atoms with van der Waals surface area (Å²) in [6.45, 7) is 2.53. The van der Waals surface area contributed by atoms with E-state index in [1.807, 2.05) is 0 Å². The number of carbonyl (C=O) groups excluding carboxylic acids is 2. The summed E-state index contributed by atoms with van der Waals surface area (Å²) < 4.78 is 31.2. The van der Waals surface area contributed by atoms with E-state index in [2.05, 4.69) is 10.6 Å². The van der Waals surface area contributed by atoms with Crippen LogP contribution in [0.1, 0.15) is 6.42 Å². The Bertz CT molecular complexity index is 598. The van der Waals surface area contributed by atoms with Crippen molar-refractivity contribution in [1.29, 1.82) is 0 Å². The van der Waals surface area contributed by atoms with Gasteiger partial charge >= 0.3 is 0 Å². The molecule has 0 aliphatic carbocycles. The first kappa shape index (κ1) is 18.3. The van der Waals surface area contributed by atoms with Gasteiger partial charge in [0.2, 0.25) is 11.8 Å². The fourth-order valence-electron chi connectivity index (χ4n) is 2.53. The number of methoxy groups -OCH3 is 1. The third-order valence-electron chi connectivity index (χ3n) is 3.82. The lowest BCUT2D eigenvalue weighted by Crippen LogP contribution is -2.39. The maximum absolute atomic E-state index is 13.3. The number of rotatable bonds is 8. The molecule has 2 rings (SSSR count). The first-order chi connectivity index (χ1) is 11.5. The van der Waals surface area contributed by atoms with Crippen LogP contribution in [-0.2, 0) is 14.3 Å². The molecule has 24 heavy (non-hydrogen) atoms. The van der Waals surface area contributed by atoms with Gasteiger partial charge in [0.15, 0.2) is 11.6 Å². The molecule has 1 unspecified atom stereocenters. The minimum atomic E-state index is -1.02. The number of nitrogens with one attached hydrogen (secondary N) is 2. The van der Waals surface area contributed by atoms with Crippen molar-refractivity contribution in [3.63, 3.8) is 0 Å². The van der Waals surface area contributed by atoms with Gasteiger partial charge in [-0.15, -0.1) is 0 Å². The van der Waals surface area contributed by atoms with E-state index in [1.54, 1.807) is 7.11 Å². The van der Waals surface area contributed by atoms with E-state index >= 15 is 0 Å². The van der Waals surface area contributed by atoms with Gasteiger partial charge < -0.3 is 20.3 Å². The van der Waals surface area contributed by atoms with Crippen LogP contribution in [0.25, 0.3) is 0 Å². The summed E-state index contributed by atoms with van der Waals surface area (Å²) in [5.41, 5.74) is 0.260. The van der Waals surface area contributed by atoms with Gasteiger partial charge in [0.05, 0.1) is 6.61 Å². The van der Waals surface area contributed by atoms with Gasteiger partial charge in [-0.2, -0.15) is 0 Å². The van der Waals surface area contributed by atoms with Gasteiger partial charge in [0.25, 0.3) is 0 Å². The fourth-order valence-corrected chi connectivity index (χ4v) is 2.53. The number of anilines is 1. The van der Waals surface area contributed by atoms with E-state index in [0.29, 0.717) is 39.2 Å². The first-order valence-electron chi connectivity index (χ1n) is 7.78. The van der Waals surface area contributed by atoms with Gasteiger partial charge in [0, 0.05) is 45.0 Å². The second-order valence-electron chi connectivity index (χ2n) is 5.46. The molecule has 1 saturated heterocycles. The summed E-state index contributed by atoms with van der Waals surface area (Å²) in [6, 6.07) is 3.26. The van der Waals surface area contributed by atoms with Crippen molar-refractivity contribution < 1.29 is 23.1 Å². The Morgan fingerprint density at radius 3 is 2.79 bits per heavy atom. The van der Waals surface area contributed by atoms with Crippen LogP contribution in [0.3, 0.4) is 0 Å². The van der Waals surface area contributed by atoms with Crippen molar-refractivity contribution in [2.45, 2.75) is 6.42 Å². The SMILES string of the molecule is COCCNCCNC(=O)C1CCN(c2ccc(F)c(F)c2)C1=O. The molecule has 1 heterocycles. The zero-order valence-electron chi connectivity index (χ0n) is 13.5. The molecule has 132 valence electrons. The third kappa shape index (κ3) is 4.48. The number of nitrogens with zero attached hydrogens (tertiary/aromatic N) is 1. The number of ether oxygens (including phenoxy) is 1. The van der Waals surface area contributed by atoms with Gasteiger partial charge in [0.1, 0.15) is 5.92 Å². The molecule has 0 bridgehead atoms. The van der Waals surface area contributed by atoms with Crippen molar-refractivity contribution in [2.75, 3.05) is 44.8 Å². The molecule has 1 fully saturated rings. The van der Waals surface area contributed by atoms with E-state index in [0.717, 1.165) is 12.1 Å². The molecular formula is C16H21F2N3O3. The maximum Gasteiger partial charge on any atom is 0.239 e. The summed E-state index contributed by atoms with van der Waals surface area (Å²) >= 11 is 0. The molecule has 0 spiro atoms.